The van der Waals surface area contributed by atoms with Crippen molar-refractivity contribution in [1.82, 2.24) is 0 Å². The molecule has 0 spiro atoms. The lowest BCUT2D eigenvalue weighted by molar-refractivity contribution is 0.0375. The second kappa shape index (κ2) is 10.1. The van der Waals surface area contributed by atoms with Crippen LogP contribution in [0.3, 0.4) is 0 Å². The van der Waals surface area contributed by atoms with E-state index < -0.39 is 17.8 Å². The Kier molecular flexibility index (Phi) is 7.92. The highest BCUT2D eigenvalue weighted by molar-refractivity contribution is 5.43. The van der Waals surface area contributed by atoms with Crippen LogP contribution in [0.15, 0.2) is 46.6 Å². The molecule has 3 rings (SSSR count). The molecule has 0 heterocycles. The van der Waals surface area contributed by atoms with Gasteiger partial charge in [-0.2, -0.15) is 0 Å². The molecule has 3 saturated carbocycles. The third kappa shape index (κ3) is 5.14. The Morgan fingerprint density at radius 2 is 1.94 bits per heavy atom. The minimum atomic E-state index is -0.668. The van der Waals surface area contributed by atoms with Crippen molar-refractivity contribution in [3.63, 3.8) is 0 Å². The van der Waals surface area contributed by atoms with Crippen molar-refractivity contribution in [2.45, 2.75) is 110 Å². The maximum absolute atomic E-state index is 10.5. The molecular weight excluding hydrogens is 396 g/mol. The Morgan fingerprint density at radius 1 is 1.22 bits per heavy atom. The van der Waals surface area contributed by atoms with Gasteiger partial charge < -0.3 is 15.3 Å². The number of aliphatic hydroxyl groups excluding tert-OH is 2. The summed E-state index contributed by atoms with van der Waals surface area (Å²) in [5.74, 6) is 7.19. The van der Waals surface area contributed by atoms with Gasteiger partial charge in [0, 0.05) is 12.8 Å². The summed E-state index contributed by atoms with van der Waals surface area (Å²) in [6.45, 7) is 12.7. The molecule has 0 aromatic rings. The molecule has 3 aliphatic rings. The summed E-state index contributed by atoms with van der Waals surface area (Å²) in [7, 11) is 0. The van der Waals surface area contributed by atoms with Crippen LogP contribution >= 0.6 is 0 Å². The third-order valence-corrected chi connectivity index (χ3v) is 8.48. The third-order valence-electron chi connectivity index (χ3n) is 8.48. The summed E-state index contributed by atoms with van der Waals surface area (Å²) in [4.78, 5) is 0. The number of hydrogen-bond donors (Lipinski definition) is 3. The van der Waals surface area contributed by atoms with Crippen LogP contribution in [0.4, 0.5) is 0 Å². The van der Waals surface area contributed by atoms with Crippen LogP contribution < -0.4 is 0 Å². The quantitative estimate of drug-likeness (QED) is 0.488. The smallest absolute Gasteiger partial charge is 0.0811 e. The van der Waals surface area contributed by atoms with E-state index in [9.17, 15) is 15.3 Å². The molecular formula is C29H42O3. The lowest BCUT2D eigenvalue weighted by Crippen LogP contribution is -2.29. The van der Waals surface area contributed by atoms with Crippen LogP contribution in [0.25, 0.3) is 0 Å². The van der Waals surface area contributed by atoms with Crippen molar-refractivity contribution >= 4 is 0 Å². The molecule has 0 saturated heterocycles. The predicted octanol–water partition coefficient (Wildman–Crippen LogP) is 5.77. The van der Waals surface area contributed by atoms with E-state index >= 15 is 0 Å². The minimum Gasteiger partial charge on any atom is -0.393 e. The Hall–Kier alpha value is -1.60. The molecule has 3 N–H and O–H groups in total. The SMILES string of the molecule is C=C1/C(=C\C=C2/CCC[C@]3(C)/C(=C(/C)C#CCC(O)(CC)CC)CC[C@@H]23)C[C@@H](O)C[C@@H]1O. The average molecular weight is 439 g/mol. The standard InChI is InChI=1S/C29H42O3/c1-6-29(32,7-2)17-8-10-20(3)25-14-15-26-22(11-9-16-28(25,26)5)12-13-23-18-24(30)19-27(31)21(23)4/h12-13,24,26-27,30-32H,4,6-7,9,11,14-19H2,1-3,5H3/b22-12+,23-13-,25-20-/t24-,26+,27+,28-/m1/s1. The fourth-order valence-corrected chi connectivity index (χ4v) is 6.05. The lowest BCUT2D eigenvalue weighted by atomic mass is 9.65. The predicted molar refractivity (Wildman–Crippen MR) is 132 cm³/mol. The normalized spacial score (nSPS) is 35.0. The highest BCUT2D eigenvalue weighted by Crippen LogP contribution is 2.58. The fourth-order valence-electron chi connectivity index (χ4n) is 6.05. The topological polar surface area (TPSA) is 60.7 Å². The molecule has 0 radical (unpaired) electrons. The van der Waals surface area contributed by atoms with Gasteiger partial charge in [0.25, 0.3) is 0 Å². The number of fused-ring (bicyclic) bond motifs is 1. The first kappa shape index (κ1) is 25.0. The molecule has 0 bridgehead atoms. The maximum Gasteiger partial charge on any atom is 0.0811 e. The van der Waals surface area contributed by atoms with Gasteiger partial charge in [0.1, 0.15) is 0 Å². The van der Waals surface area contributed by atoms with Gasteiger partial charge in [-0.05, 0) is 86.3 Å². The maximum atomic E-state index is 10.5. The highest BCUT2D eigenvalue weighted by Gasteiger charge is 2.46. The summed E-state index contributed by atoms with van der Waals surface area (Å²) in [5.41, 5.74) is 5.38. The molecule has 0 aliphatic heterocycles. The Bertz CT molecular complexity index is 874. The van der Waals surface area contributed by atoms with Crippen molar-refractivity contribution in [1.29, 1.82) is 0 Å². The molecule has 4 atom stereocenters. The van der Waals surface area contributed by atoms with E-state index in [0.717, 1.165) is 43.3 Å². The molecule has 0 unspecified atom stereocenters. The van der Waals surface area contributed by atoms with Crippen molar-refractivity contribution in [3.05, 3.63) is 46.6 Å². The van der Waals surface area contributed by atoms with Crippen molar-refractivity contribution < 1.29 is 15.3 Å². The summed E-state index contributed by atoms with van der Waals surface area (Å²) >= 11 is 0. The first-order chi connectivity index (χ1) is 15.1. The van der Waals surface area contributed by atoms with Crippen LogP contribution in [0.5, 0.6) is 0 Å². The van der Waals surface area contributed by atoms with Crippen LogP contribution in [-0.4, -0.2) is 33.1 Å². The molecule has 32 heavy (non-hydrogen) atoms. The van der Waals surface area contributed by atoms with Crippen molar-refractivity contribution in [2.24, 2.45) is 11.3 Å². The van der Waals surface area contributed by atoms with Crippen LogP contribution in [0, 0.1) is 23.2 Å². The zero-order valence-electron chi connectivity index (χ0n) is 20.5. The van der Waals surface area contributed by atoms with Gasteiger partial charge in [0.05, 0.1) is 17.8 Å². The van der Waals surface area contributed by atoms with E-state index in [1.165, 1.54) is 29.6 Å². The van der Waals surface area contributed by atoms with Gasteiger partial charge in [-0.15, -0.1) is 0 Å². The molecule has 0 amide bonds. The number of allylic oxidation sites excluding steroid dienone is 5. The minimum absolute atomic E-state index is 0.149. The van der Waals surface area contributed by atoms with Gasteiger partial charge in [0.2, 0.25) is 0 Å². The molecule has 3 nitrogen and oxygen atoms in total. The number of rotatable bonds is 4. The first-order valence-corrected chi connectivity index (χ1v) is 12.5. The Morgan fingerprint density at radius 3 is 2.62 bits per heavy atom. The number of aliphatic hydroxyl groups is 3. The molecule has 176 valence electrons. The zero-order valence-corrected chi connectivity index (χ0v) is 20.5. The van der Waals surface area contributed by atoms with Gasteiger partial charge in [0.15, 0.2) is 0 Å². The molecule has 3 aliphatic carbocycles. The van der Waals surface area contributed by atoms with Gasteiger partial charge in [-0.25, -0.2) is 0 Å². The van der Waals surface area contributed by atoms with E-state index in [1.807, 2.05) is 13.8 Å². The van der Waals surface area contributed by atoms with Crippen LogP contribution in [0.1, 0.15) is 91.9 Å². The average Bonchev–Trinajstić information content (AvgIpc) is 3.12. The highest BCUT2D eigenvalue weighted by atomic mass is 16.3. The van der Waals surface area contributed by atoms with Crippen LogP contribution in [0.2, 0.25) is 0 Å². The van der Waals surface area contributed by atoms with E-state index in [2.05, 4.69) is 44.4 Å². The van der Waals surface area contributed by atoms with E-state index in [4.69, 9.17) is 0 Å². The Balaban J connectivity index is 1.82. The summed E-state index contributed by atoms with van der Waals surface area (Å²) in [6, 6.07) is 0. The van der Waals surface area contributed by atoms with Gasteiger partial charge in [-0.3, -0.25) is 0 Å². The van der Waals surface area contributed by atoms with Crippen molar-refractivity contribution in [3.8, 4) is 11.8 Å². The zero-order chi connectivity index (χ0) is 23.5. The van der Waals surface area contributed by atoms with E-state index in [-0.39, 0.29) is 5.41 Å². The van der Waals surface area contributed by atoms with Gasteiger partial charge >= 0.3 is 0 Å². The molecule has 0 aromatic carbocycles. The van der Waals surface area contributed by atoms with Crippen LogP contribution in [-0.2, 0) is 0 Å². The molecule has 3 heteroatoms. The largest absolute Gasteiger partial charge is 0.393 e. The fraction of sp³-hybridized carbons (Fsp3) is 0.655. The summed E-state index contributed by atoms with van der Waals surface area (Å²) in [5, 5.41) is 30.7. The van der Waals surface area contributed by atoms with E-state index in [1.54, 1.807) is 0 Å². The molecule has 0 aromatic heterocycles. The second-order valence-electron chi connectivity index (χ2n) is 10.4. The van der Waals surface area contributed by atoms with Gasteiger partial charge in [-0.1, -0.05) is 62.5 Å². The first-order valence-electron chi connectivity index (χ1n) is 12.5. The van der Waals surface area contributed by atoms with E-state index in [0.29, 0.717) is 25.2 Å². The monoisotopic (exact) mass is 438 g/mol. The summed E-state index contributed by atoms with van der Waals surface area (Å²) in [6.07, 6.45) is 11.9. The second-order valence-corrected chi connectivity index (χ2v) is 10.4. The number of hydrogen-bond acceptors (Lipinski definition) is 3. The lowest BCUT2D eigenvalue weighted by Gasteiger charge is -2.40. The molecule has 3 fully saturated rings. The summed E-state index contributed by atoms with van der Waals surface area (Å²) < 4.78 is 0. The van der Waals surface area contributed by atoms with Crippen molar-refractivity contribution in [2.75, 3.05) is 0 Å². The Labute approximate surface area is 195 Å².